The predicted molar refractivity (Wildman–Crippen MR) is 47.6 cm³/mol. The van der Waals surface area contributed by atoms with Crippen molar-refractivity contribution >= 4 is 0 Å². The van der Waals surface area contributed by atoms with Crippen molar-refractivity contribution in [2.75, 3.05) is 6.61 Å². The van der Waals surface area contributed by atoms with Gasteiger partial charge in [-0.2, -0.15) is 0 Å². The van der Waals surface area contributed by atoms with Gasteiger partial charge in [0.05, 0.1) is 6.10 Å². The molecule has 3 atom stereocenters. The molecule has 1 aliphatic heterocycles. The maximum absolute atomic E-state index is 5.74. The number of ether oxygens (including phenoxy) is 1. The Morgan fingerprint density at radius 3 is 2.82 bits per heavy atom. The van der Waals surface area contributed by atoms with Crippen LogP contribution in [-0.2, 0) is 4.74 Å². The van der Waals surface area contributed by atoms with Crippen LogP contribution in [0, 0.1) is 11.8 Å². The summed E-state index contributed by atoms with van der Waals surface area (Å²) >= 11 is 0. The van der Waals surface area contributed by atoms with Gasteiger partial charge in [0.1, 0.15) is 0 Å². The Balaban J connectivity index is 2.40. The molecule has 0 saturated carbocycles. The topological polar surface area (TPSA) is 9.23 Å². The summed E-state index contributed by atoms with van der Waals surface area (Å²) in [4.78, 5) is 0. The van der Waals surface area contributed by atoms with Crippen molar-refractivity contribution in [1.29, 1.82) is 0 Å². The van der Waals surface area contributed by atoms with Crippen LogP contribution >= 0.6 is 0 Å². The lowest BCUT2D eigenvalue weighted by atomic mass is 9.87. The van der Waals surface area contributed by atoms with Crippen molar-refractivity contribution < 1.29 is 4.74 Å². The van der Waals surface area contributed by atoms with E-state index in [2.05, 4.69) is 20.8 Å². The molecular formula is C10H20O. The smallest absolute Gasteiger partial charge is 0.0626 e. The molecule has 0 amide bonds. The van der Waals surface area contributed by atoms with Gasteiger partial charge in [0.15, 0.2) is 0 Å². The van der Waals surface area contributed by atoms with Crippen molar-refractivity contribution in [3.05, 3.63) is 0 Å². The second-order valence-electron chi connectivity index (χ2n) is 3.84. The molecule has 11 heavy (non-hydrogen) atoms. The van der Waals surface area contributed by atoms with E-state index < -0.39 is 0 Å². The van der Waals surface area contributed by atoms with Crippen LogP contribution in [0.15, 0.2) is 0 Å². The molecule has 0 bridgehead atoms. The average molecular weight is 156 g/mol. The Kier molecular flexibility index (Phi) is 3.38. The summed E-state index contributed by atoms with van der Waals surface area (Å²) in [5, 5.41) is 0. The Morgan fingerprint density at radius 2 is 2.27 bits per heavy atom. The van der Waals surface area contributed by atoms with Gasteiger partial charge in [0.25, 0.3) is 0 Å². The fourth-order valence-corrected chi connectivity index (χ4v) is 1.91. The van der Waals surface area contributed by atoms with E-state index in [1.54, 1.807) is 0 Å². The van der Waals surface area contributed by atoms with Crippen molar-refractivity contribution in [1.82, 2.24) is 0 Å². The predicted octanol–water partition coefficient (Wildman–Crippen LogP) is 2.85. The molecule has 0 aromatic heterocycles. The van der Waals surface area contributed by atoms with E-state index in [0.717, 1.165) is 18.4 Å². The highest BCUT2D eigenvalue weighted by molar-refractivity contribution is 4.75. The first-order valence-electron chi connectivity index (χ1n) is 4.87. The fraction of sp³-hybridized carbons (Fsp3) is 1.00. The molecule has 1 rings (SSSR count). The van der Waals surface area contributed by atoms with Crippen LogP contribution in [0.5, 0.6) is 0 Å². The van der Waals surface area contributed by atoms with Gasteiger partial charge in [-0.1, -0.05) is 27.2 Å². The third kappa shape index (κ3) is 2.19. The molecular weight excluding hydrogens is 136 g/mol. The van der Waals surface area contributed by atoms with Crippen molar-refractivity contribution in [3.8, 4) is 0 Å². The van der Waals surface area contributed by atoms with E-state index >= 15 is 0 Å². The lowest BCUT2D eigenvalue weighted by Gasteiger charge is -2.33. The minimum Gasteiger partial charge on any atom is -0.378 e. The molecule has 1 saturated heterocycles. The van der Waals surface area contributed by atoms with Gasteiger partial charge in [-0.25, -0.2) is 0 Å². The minimum atomic E-state index is 0.536. The van der Waals surface area contributed by atoms with E-state index in [9.17, 15) is 0 Å². The van der Waals surface area contributed by atoms with Gasteiger partial charge >= 0.3 is 0 Å². The Morgan fingerprint density at radius 1 is 1.55 bits per heavy atom. The van der Waals surface area contributed by atoms with Crippen molar-refractivity contribution in [3.63, 3.8) is 0 Å². The molecule has 0 radical (unpaired) electrons. The maximum Gasteiger partial charge on any atom is 0.0626 e. The first-order chi connectivity index (χ1) is 5.25. The summed E-state index contributed by atoms with van der Waals surface area (Å²) in [6.07, 6.45) is 4.40. The van der Waals surface area contributed by atoms with Crippen LogP contribution in [-0.4, -0.2) is 12.7 Å². The number of rotatable bonds is 2. The lowest BCUT2D eigenvalue weighted by Crippen LogP contribution is -2.33. The van der Waals surface area contributed by atoms with Crippen LogP contribution in [0.1, 0.15) is 40.0 Å². The van der Waals surface area contributed by atoms with Crippen LogP contribution in [0.4, 0.5) is 0 Å². The second kappa shape index (κ2) is 4.10. The lowest BCUT2D eigenvalue weighted by molar-refractivity contribution is -0.0514. The highest BCUT2D eigenvalue weighted by Crippen LogP contribution is 2.27. The summed E-state index contributed by atoms with van der Waals surface area (Å²) in [5.41, 5.74) is 0. The fourth-order valence-electron chi connectivity index (χ4n) is 1.91. The summed E-state index contributed by atoms with van der Waals surface area (Å²) < 4.78 is 5.74. The third-order valence-corrected chi connectivity index (χ3v) is 2.88. The summed E-state index contributed by atoms with van der Waals surface area (Å²) in [5.74, 6) is 1.52. The van der Waals surface area contributed by atoms with Crippen molar-refractivity contribution in [2.45, 2.75) is 46.1 Å². The van der Waals surface area contributed by atoms with E-state index in [-0.39, 0.29) is 0 Å². The molecule has 66 valence electrons. The highest BCUT2D eigenvalue weighted by atomic mass is 16.5. The molecule has 1 heterocycles. The van der Waals surface area contributed by atoms with Crippen molar-refractivity contribution in [2.24, 2.45) is 11.8 Å². The number of hydrogen-bond donors (Lipinski definition) is 0. The van der Waals surface area contributed by atoms with Gasteiger partial charge in [0.2, 0.25) is 0 Å². The van der Waals surface area contributed by atoms with Gasteiger partial charge in [-0.05, 0) is 24.7 Å². The van der Waals surface area contributed by atoms with Gasteiger partial charge in [-0.15, -0.1) is 0 Å². The summed E-state index contributed by atoms with van der Waals surface area (Å²) in [6.45, 7) is 7.84. The van der Waals surface area contributed by atoms with E-state index in [0.29, 0.717) is 6.10 Å². The van der Waals surface area contributed by atoms with Gasteiger partial charge in [-0.3, -0.25) is 0 Å². The molecule has 0 aliphatic carbocycles. The van der Waals surface area contributed by atoms with Gasteiger partial charge < -0.3 is 4.74 Å². The summed E-state index contributed by atoms with van der Waals surface area (Å²) in [6, 6.07) is 0. The van der Waals surface area contributed by atoms with Crippen LogP contribution in [0.25, 0.3) is 0 Å². The highest BCUT2D eigenvalue weighted by Gasteiger charge is 2.25. The normalized spacial score (nSPS) is 35.2. The minimum absolute atomic E-state index is 0.536. The molecule has 1 heteroatoms. The largest absolute Gasteiger partial charge is 0.378 e. The Hall–Kier alpha value is -0.0400. The molecule has 1 nitrogen and oxygen atoms in total. The second-order valence-corrected chi connectivity index (χ2v) is 3.84. The molecule has 1 fully saturated rings. The average Bonchev–Trinajstić information content (AvgIpc) is 2.04. The zero-order valence-corrected chi connectivity index (χ0v) is 7.97. The quantitative estimate of drug-likeness (QED) is 0.597. The van der Waals surface area contributed by atoms with E-state index in [1.165, 1.54) is 19.3 Å². The number of hydrogen-bond acceptors (Lipinski definition) is 1. The SMILES string of the molecule is CCC(C)[C@H]1OCCC[C@@H]1C. The van der Waals surface area contributed by atoms with Gasteiger partial charge in [0, 0.05) is 6.61 Å². The van der Waals surface area contributed by atoms with Crippen LogP contribution in [0.2, 0.25) is 0 Å². The first kappa shape index (κ1) is 9.05. The monoisotopic (exact) mass is 156 g/mol. The zero-order valence-electron chi connectivity index (χ0n) is 7.97. The Bertz CT molecular complexity index is 107. The zero-order chi connectivity index (χ0) is 8.27. The third-order valence-electron chi connectivity index (χ3n) is 2.88. The van der Waals surface area contributed by atoms with E-state index in [1.807, 2.05) is 0 Å². The first-order valence-corrected chi connectivity index (χ1v) is 4.87. The maximum atomic E-state index is 5.74. The Labute approximate surface area is 70.1 Å². The summed E-state index contributed by atoms with van der Waals surface area (Å²) in [7, 11) is 0. The molecule has 0 N–H and O–H groups in total. The standard InChI is InChI=1S/C10H20O/c1-4-8(2)10-9(3)6-5-7-11-10/h8-10H,4-7H2,1-3H3/t8?,9-,10+/m0/s1. The molecule has 0 spiro atoms. The molecule has 0 aromatic carbocycles. The van der Waals surface area contributed by atoms with E-state index in [4.69, 9.17) is 4.74 Å². The molecule has 0 aromatic rings. The molecule has 1 aliphatic rings. The van der Waals surface area contributed by atoms with Crippen LogP contribution < -0.4 is 0 Å². The van der Waals surface area contributed by atoms with Crippen LogP contribution in [0.3, 0.4) is 0 Å². The molecule has 1 unspecified atom stereocenters.